The van der Waals surface area contributed by atoms with Gasteiger partial charge in [-0.05, 0) is 61.6 Å². The van der Waals surface area contributed by atoms with Crippen molar-refractivity contribution in [3.63, 3.8) is 0 Å². The number of carbonyl (C=O) groups is 1. The van der Waals surface area contributed by atoms with Gasteiger partial charge in [0.25, 0.3) is 0 Å². The van der Waals surface area contributed by atoms with Crippen molar-refractivity contribution in [2.45, 2.75) is 43.0 Å². The highest BCUT2D eigenvalue weighted by molar-refractivity contribution is 7.89. The van der Waals surface area contributed by atoms with Gasteiger partial charge in [-0.3, -0.25) is 4.79 Å². The number of rotatable bonds is 8. The molecule has 11 heteroatoms. The molecule has 168 valence electrons. The van der Waals surface area contributed by atoms with E-state index in [1.54, 1.807) is 0 Å². The van der Waals surface area contributed by atoms with Crippen molar-refractivity contribution in [1.82, 2.24) is 14.9 Å². The zero-order valence-corrected chi connectivity index (χ0v) is 18.5. The van der Waals surface area contributed by atoms with Crippen LogP contribution in [0, 0.1) is 12.7 Å². The van der Waals surface area contributed by atoms with Crippen LogP contribution < -0.4 is 4.72 Å². The number of hydrogen-bond acceptors (Lipinski definition) is 6. The third-order valence-electron chi connectivity index (χ3n) is 5.19. The van der Waals surface area contributed by atoms with Crippen molar-refractivity contribution in [2.24, 2.45) is 0 Å². The molecule has 0 aliphatic heterocycles. The smallest absolute Gasteiger partial charge is 0.322 e. The summed E-state index contributed by atoms with van der Waals surface area (Å²) in [6, 6.07) is 6.86. The van der Waals surface area contributed by atoms with Crippen molar-refractivity contribution in [2.75, 3.05) is 0 Å². The van der Waals surface area contributed by atoms with Gasteiger partial charge in [0.05, 0.1) is 10.5 Å². The van der Waals surface area contributed by atoms with Crippen LogP contribution in [0.1, 0.15) is 35.8 Å². The lowest BCUT2D eigenvalue weighted by Gasteiger charge is -2.16. The van der Waals surface area contributed by atoms with Crippen molar-refractivity contribution in [3.8, 4) is 11.4 Å². The fourth-order valence-electron chi connectivity index (χ4n) is 3.25. The highest BCUT2D eigenvalue weighted by Gasteiger charge is 2.30. The maximum Gasteiger partial charge on any atom is 0.322 e. The van der Waals surface area contributed by atoms with E-state index in [4.69, 9.17) is 16.1 Å². The molecule has 1 heterocycles. The Morgan fingerprint density at radius 3 is 2.75 bits per heavy atom. The first-order valence-corrected chi connectivity index (χ1v) is 11.6. The molecule has 1 saturated carbocycles. The van der Waals surface area contributed by atoms with Crippen molar-refractivity contribution >= 4 is 27.6 Å². The molecule has 1 aliphatic rings. The molecule has 0 amide bonds. The highest BCUT2D eigenvalue weighted by Crippen LogP contribution is 2.39. The quantitative estimate of drug-likeness (QED) is 0.505. The summed E-state index contributed by atoms with van der Waals surface area (Å²) in [7, 11) is -4.18. The molecule has 4 rings (SSSR count). The zero-order chi connectivity index (χ0) is 23.0. The number of aromatic nitrogens is 2. The molecule has 0 unspecified atom stereocenters. The molecule has 0 bridgehead atoms. The molecule has 1 aromatic heterocycles. The van der Waals surface area contributed by atoms with Gasteiger partial charge < -0.3 is 9.63 Å². The third-order valence-corrected chi connectivity index (χ3v) is 7.21. The molecule has 0 radical (unpaired) electrons. The van der Waals surface area contributed by atoms with E-state index in [1.807, 2.05) is 0 Å². The first kappa shape index (κ1) is 22.4. The summed E-state index contributed by atoms with van der Waals surface area (Å²) in [6.07, 6.45) is 1.65. The van der Waals surface area contributed by atoms with Gasteiger partial charge >= 0.3 is 5.97 Å². The minimum atomic E-state index is -4.18. The van der Waals surface area contributed by atoms with Crippen LogP contribution >= 0.6 is 11.6 Å². The fraction of sp³-hybridized carbons (Fsp3) is 0.286. The highest BCUT2D eigenvalue weighted by atomic mass is 35.5. The number of nitrogens with one attached hydrogen (secondary N) is 1. The molecule has 0 saturated heterocycles. The summed E-state index contributed by atoms with van der Waals surface area (Å²) < 4.78 is 47.5. The van der Waals surface area contributed by atoms with E-state index >= 15 is 0 Å². The summed E-state index contributed by atoms with van der Waals surface area (Å²) in [5, 5.41) is 13.6. The van der Waals surface area contributed by atoms with Gasteiger partial charge in [0.1, 0.15) is 11.9 Å². The van der Waals surface area contributed by atoms with Crippen LogP contribution in [0.4, 0.5) is 4.39 Å². The average molecular weight is 480 g/mol. The van der Waals surface area contributed by atoms with Gasteiger partial charge in [-0.25, -0.2) is 12.8 Å². The SMILES string of the molecule is Cc1c(Cl)cccc1S(=O)(=O)N[C@H](Cc1ccc(-c2noc(C3CC3)n2)c(F)c1)C(=O)O. The lowest BCUT2D eigenvalue weighted by molar-refractivity contribution is -0.138. The molecular weight excluding hydrogens is 461 g/mol. The Hall–Kier alpha value is -2.82. The number of carboxylic acid groups (broad SMARTS) is 1. The zero-order valence-electron chi connectivity index (χ0n) is 16.9. The van der Waals surface area contributed by atoms with Gasteiger partial charge in [0.2, 0.25) is 21.7 Å². The Morgan fingerprint density at radius 1 is 1.34 bits per heavy atom. The number of aliphatic carboxylic acids is 1. The van der Waals surface area contributed by atoms with Gasteiger partial charge in [-0.15, -0.1) is 0 Å². The van der Waals surface area contributed by atoms with Gasteiger partial charge in [0.15, 0.2) is 0 Å². The predicted octanol–water partition coefficient (Wildman–Crippen LogP) is 3.69. The van der Waals surface area contributed by atoms with Gasteiger partial charge in [0, 0.05) is 10.9 Å². The topological polar surface area (TPSA) is 122 Å². The molecule has 32 heavy (non-hydrogen) atoms. The van der Waals surface area contributed by atoms with Crippen molar-refractivity contribution < 1.29 is 27.2 Å². The van der Waals surface area contributed by atoms with E-state index < -0.39 is 27.9 Å². The molecule has 1 fully saturated rings. The Kier molecular flexibility index (Phi) is 6.02. The van der Waals surface area contributed by atoms with Crippen LogP contribution in [0.2, 0.25) is 5.02 Å². The van der Waals surface area contributed by atoms with E-state index in [0.717, 1.165) is 18.9 Å². The third kappa shape index (κ3) is 4.67. The minimum absolute atomic E-state index is 0.114. The molecule has 0 spiro atoms. The lowest BCUT2D eigenvalue weighted by atomic mass is 10.0. The molecule has 2 N–H and O–H groups in total. The van der Waals surface area contributed by atoms with Gasteiger partial charge in [-0.2, -0.15) is 9.71 Å². The molecule has 2 aromatic carbocycles. The van der Waals surface area contributed by atoms with E-state index in [0.29, 0.717) is 11.5 Å². The Bertz CT molecular complexity index is 1290. The number of nitrogens with zero attached hydrogens (tertiary/aromatic N) is 2. The second-order valence-electron chi connectivity index (χ2n) is 7.62. The van der Waals surface area contributed by atoms with Gasteiger partial charge in [-0.1, -0.05) is 28.9 Å². The van der Waals surface area contributed by atoms with Crippen LogP contribution in [0.5, 0.6) is 0 Å². The lowest BCUT2D eigenvalue weighted by Crippen LogP contribution is -2.42. The van der Waals surface area contributed by atoms with E-state index in [-0.39, 0.29) is 39.2 Å². The molecule has 1 atom stereocenters. The molecule has 3 aromatic rings. The number of halogens is 2. The predicted molar refractivity (Wildman–Crippen MR) is 113 cm³/mol. The van der Waals surface area contributed by atoms with E-state index in [2.05, 4.69) is 14.9 Å². The average Bonchev–Trinajstić information content (AvgIpc) is 3.47. The number of benzene rings is 2. The normalized spacial score (nSPS) is 15.0. The summed E-state index contributed by atoms with van der Waals surface area (Å²) in [4.78, 5) is 15.8. The second-order valence-corrected chi connectivity index (χ2v) is 9.71. The summed E-state index contributed by atoms with van der Waals surface area (Å²) in [6.45, 7) is 1.52. The summed E-state index contributed by atoms with van der Waals surface area (Å²) >= 11 is 5.99. The first-order valence-electron chi connectivity index (χ1n) is 9.78. The summed E-state index contributed by atoms with van der Waals surface area (Å²) in [5.74, 6) is -1.25. The van der Waals surface area contributed by atoms with Crippen LogP contribution in [0.3, 0.4) is 0 Å². The molecule has 8 nitrogen and oxygen atoms in total. The van der Waals surface area contributed by atoms with Crippen LogP contribution in [-0.4, -0.2) is 35.7 Å². The first-order chi connectivity index (χ1) is 15.2. The maximum atomic E-state index is 14.7. The van der Waals surface area contributed by atoms with Crippen molar-refractivity contribution in [1.29, 1.82) is 0 Å². The fourth-order valence-corrected chi connectivity index (χ4v) is 4.94. The molecular formula is C21H19ClFN3O5S. The van der Waals surface area contributed by atoms with E-state index in [9.17, 15) is 22.7 Å². The van der Waals surface area contributed by atoms with Crippen LogP contribution in [-0.2, 0) is 21.2 Å². The molecule has 1 aliphatic carbocycles. The number of carboxylic acids is 1. The standard InChI is InChI=1S/C21H19ClFN3O5S/c1-11-15(22)3-2-4-18(11)32(29,30)26-17(21(27)28)10-12-5-8-14(16(23)9-12)19-24-20(31-25-19)13-6-7-13/h2-5,8-9,13,17,26H,6-7,10H2,1H3,(H,27,28)/t17-/m1/s1. The van der Waals surface area contributed by atoms with Crippen LogP contribution in [0.15, 0.2) is 45.8 Å². The number of sulfonamides is 1. The Morgan fingerprint density at radius 2 is 2.09 bits per heavy atom. The maximum absolute atomic E-state index is 14.7. The van der Waals surface area contributed by atoms with Crippen LogP contribution in [0.25, 0.3) is 11.4 Å². The van der Waals surface area contributed by atoms with E-state index in [1.165, 1.54) is 37.3 Å². The monoisotopic (exact) mass is 479 g/mol. The Balaban J connectivity index is 1.54. The second kappa shape index (κ2) is 8.61. The summed E-state index contributed by atoms with van der Waals surface area (Å²) in [5.41, 5.74) is 0.702. The number of hydrogen-bond donors (Lipinski definition) is 2. The minimum Gasteiger partial charge on any atom is -0.480 e. The van der Waals surface area contributed by atoms with Crippen molar-refractivity contribution in [3.05, 3.63) is 64.3 Å². The Labute approximate surface area is 188 Å². The largest absolute Gasteiger partial charge is 0.480 e.